The molecule has 4 nitrogen and oxygen atoms in total. The van der Waals surface area contributed by atoms with Gasteiger partial charge in [-0.3, -0.25) is 4.90 Å². The first-order chi connectivity index (χ1) is 8.30. The third kappa shape index (κ3) is 2.64. The molecule has 1 heterocycles. The maximum Gasteiger partial charge on any atom is 0.142 e. The third-order valence-electron chi connectivity index (χ3n) is 3.92. The Morgan fingerprint density at radius 1 is 1.29 bits per heavy atom. The molecule has 1 fully saturated rings. The van der Waals surface area contributed by atoms with Crippen molar-refractivity contribution in [1.82, 2.24) is 14.9 Å². The van der Waals surface area contributed by atoms with Crippen molar-refractivity contribution >= 4 is 0 Å². The molecule has 1 aromatic heterocycles. The van der Waals surface area contributed by atoms with Gasteiger partial charge in [-0.2, -0.15) is 0 Å². The summed E-state index contributed by atoms with van der Waals surface area (Å²) in [6.07, 6.45) is 8.63. The first-order valence-electron chi connectivity index (χ1n) is 6.52. The van der Waals surface area contributed by atoms with Crippen LogP contribution in [0.1, 0.15) is 38.4 Å². The molecule has 4 heteroatoms. The predicted molar refractivity (Wildman–Crippen MR) is 68.4 cm³/mol. The Morgan fingerprint density at radius 3 is 2.47 bits per heavy atom. The minimum absolute atomic E-state index is 0.188. The number of nitrogens with two attached hydrogens (primary N) is 1. The van der Waals surface area contributed by atoms with Gasteiger partial charge >= 0.3 is 0 Å². The van der Waals surface area contributed by atoms with E-state index < -0.39 is 0 Å². The Balaban J connectivity index is 2.10. The zero-order chi connectivity index (χ0) is 12.1. The van der Waals surface area contributed by atoms with Crippen LogP contribution >= 0.6 is 0 Å². The lowest BCUT2D eigenvalue weighted by Crippen LogP contribution is -2.51. The average molecular weight is 234 g/mol. The fourth-order valence-electron chi connectivity index (χ4n) is 2.88. The molecule has 0 saturated heterocycles. The van der Waals surface area contributed by atoms with Gasteiger partial charge in [0.25, 0.3) is 0 Å². The summed E-state index contributed by atoms with van der Waals surface area (Å²) >= 11 is 0. The Hall–Kier alpha value is -1.00. The Morgan fingerprint density at radius 2 is 1.94 bits per heavy atom. The van der Waals surface area contributed by atoms with Crippen molar-refractivity contribution in [2.75, 3.05) is 13.1 Å². The number of hydrogen-bond acceptors (Lipinski definition) is 4. The van der Waals surface area contributed by atoms with E-state index in [2.05, 4.69) is 21.8 Å². The summed E-state index contributed by atoms with van der Waals surface area (Å²) in [6.45, 7) is 4.76. The second-order valence-corrected chi connectivity index (χ2v) is 4.81. The highest BCUT2D eigenvalue weighted by Gasteiger charge is 2.37. The van der Waals surface area contributed by atoms with Crippen LogP contribution in [0.25, 0.3) is 0 Å². The van der Waals surface area contributed by atoms with E-state index in [-0.39, 0.29) is 5.54 Å². The first kappa shape index (κ1) is 12.5. The standard InChI is InChI=1S/C13H22N4/c1-2-17(10-12-15-8-5-9-16-12)13(11-14)6-3-4-7-13/h5,8-9H,2-4,6-7,10-11,14H2,1H3. The molecular weight excluding hydrogens is 212 g/mol. The van der Waals surface area contributed by atoms with Crippen molar-refractivity contribution < 1.29 is 0 Å². The van der Waals surface area contributed by atoms with Gasteiger partial charge in [0.05, 0.1) is 6.54 Å². The van der Waals surface area contributed by atoms with Crippen LogP contribution in [0.5, 0.6) is 0 Å². The van der Waals surface area contributed by atoms with Crippen LogP contribution in [0.2, 0.25) is 0 Å². The van der Waals surface area contributed by atoms with E-state index in [4.69, 9.17) is 5.73 Å². The molecule has 0 atom stereocenters. The van der Waals surface area contributed by atoms with Crippen LogP contribution in [0.3, 0.4) is 0 Å². The van der Waals surface area contributed by atoms with E-state index in [0.29, 0.717) is 0 Å². The fraction of sp³-hybridized carbons (Fsp3) is 0.692. The highest BCUT2D eigenvalue weighted by molar-refractivity contribution is 4.98. The maximum absolute atomic E-state index is 6.02. The largest absolute Gasteiger partial charge is 0.329 e. The molecular formula is C13H22N4. The first-order valence-corrected chi connectivity index (χ1v) is 6.52. The molecule has 1 aliphatic rings. The average Bonchev–Trinajstić information content (AvgIpc) is 2.87. The molecule has 1 saturated carbocycles. The highest BCUT2D eigenvalue weighted by Crippen LogP contribution is 2.34. The molecule has 17 heavy (non-hydrogen) atoms. The summed E-state index contributed by atoms with van der Waals surface area (Å²) in [5.74, 6) is 0.897. The van der Waals surface area contributed by atoms with Gasteiger partial charge in [0, 0.05) is 24.5 Å². The highest BCUT2D eigenvalue weighted by atomic mass is 15.2. The number of rotatable bonds is 5. The van der Waals surface area contributed by atoms with Gasteiger partial charge in [-0.15, -0.1) is 0 Å². The summed E-state index contributed by atoms with van der Waals surface area (Å²) in [7, 11) is 0. The third-order valence-corrected chi connectivity index (χ3v) is 3.92. The molecule has 2 rings (SSSR count). The Kier molecular flexibility index (Phi) is 4.07. The second-order valence-electron chi connectivity index (χ2n) is 4.81. The minimum Gasteiger partial charge on any atom is -0.329 e. The van der Waals surface area contributed by atoms with Crippen LogP contribution in [-0.2, 0) is 6.54 Å². The Labute approximate surface area is 103 Å². The molecule has 0 aliphatic heterocycles. The SMILES string of the molecule is CCN(Cc1ncccn1)C1(CN)CCCC1. The molecule has 0 amide bonds. The van der Waals surface area contributed by atoms with Gasteiger partial charge in [-0.25, -0.2) is 9.97 Å². The summed E-state index contributed by atoms with van der Waals surface area (Å²) in [6, 6.07) is 1.86. The van der Waals surface area contributed by atoms with Crippen LogP contribution in [0.15, 0.2) is 18.5 Å². The van der Waals surface area contributed by atoms with Gasteiger partial charge < -0.3 is 5.73 Å². The number of hydrogen-bond donors (Lipinski definition) is 1. The molecule has 0 spiro atoms. The van der Waals surface area contributed by atoms with Gasteiger partial charge in [0.2, 0.25) is 0 Å². The van der Waals surface area contributed by atoms with E-state index in [1.807, 2.05) is 6.07 Å². The van der Waals surface area contributed by atoms with Gasteiger partial charge in [0.15, 0.2) is 0 Å². The lowest BCUT2D eigenvalue weighted by Gasteiger charge is -2.39. The zero-order valence-corrected chi connectivity index (χ0v) is 10.6. The van der Waals surface area contributed by atoms with Crippen LogP contribution in [0, 0.1) is 0 Å². The van der Waals surface area contributed by atoms with Crippen LogP contribution in [-0.4, -0.2) is 33.5 Å². The summed E-state index contributed by atoms with van der Waals surface area (Å²) in [5.41, 5.74) is 6.20. The van der Waals surface area contributed by atoms with Crippen molar-refractivity contribution in [3.63, 3.8) is 0 Å². The summed E-state index contributed by atoms with van der Waals surface area (Å²) < 4.78 is 0. The normalized spacial score (nSPS) is 18.8. The smallest absolute Gasteiger partial charge is 0.142 e. The number of likely N-dealkylation sites (N-methyl/N-ethyl adjacent to an activating group) is 1. The van der Waals surface area contributed by atoms with Crippen molar-refractivity contribution in [3.8, 4) is 0 Å². The van der Waals surface area contributed by atoms with Crippen molar-refractivity contribution in [2.24, 2.45) is 5.73 Å². The molecule has 94 valence electrons. The van der Waals surface area contributed by atoms with E-state index in [9.17, 15) is 0 Å². The van der Waals surface area contributed by atoms with Crippen molar-refractivity contribution in [3.05, 3.63) is 24.3 Å². The van der Waals surface area contributed by atoms with E-state index >= 15 is 0 Å². The van der Waals surface area contributed by atoms with Crippen LogP contribution in [0.4, 0.5) is 0 Å². The second kappa shape index (κ2) is 5.56. The van der Waals surface area contributed by atoms with E-state index in [0.717, 1.165) is 25.5 Å². The minimum atomic E-state index is 0.188. The van der Waals surface area contributed by atoms with Crippen molar-refractivity contribution in [2.45, 2.75) is 44.7 Å². The lowest BCUT2D eigenvalue weighted by atomic mass is 9.95. The van der Waals surface area contributed by atoms with Gasteiger partial charge in [0.1, 0.15) is 5.82 Å². The molecule has 0 radical (unpaired) electrons. The van der Waals surface area contributed by atoms with Gasteiger partial charge in [-0.05, 0) is 25.5 Å². The zero-order valence-electron chi connectivity index (χ0n) is 10.6. The molecule has 0 aromatic carbocycles. The topological polar surface area (TPSA) is 55.0 Å². The van der Waals surface area contributed by atoms with E-state index in [1.165, 1.54) is 25.7 Å². The summed E-state index contributed by atoms with van der Waals surface area (Å²) in [5, 5.41) is 0. The summed E-state index contributed by atoms with van der Waals surface area (Å²) in [4.78, 5) is 11.1. The quantitative estimate of drug-likeness (QED) is 0.840. The van der Waals surface area contributed by atoms with Crippen LogP contribution < -0.4 is 5.73 Å². The van der Waals surface area contributed by atoms with E-state index in [1.54, 1.807) is 12.4 Å². The van der Waals surface area contributed by atoms with Crippen molar-refractivity contribution in [1.29, 1.82) is 0 Å². The fourth-order valence-corrected chi connectivity index (χ4v) is 2.88. The molecule has 0 bridgehead atoms. The Bertz CT molecular complexity index is 333. The molecule has 1 aromatic rings. The van der Waals surface area contributed by atoms with Gasteiger partial charge in [-0.1, -0.05) is 19.8 Å². The monoisotopic (exact) mass is 234 g/mol. The lowest BCUT2D eigenvalue weighted by molar-refractivity contribution is 0.0940. The molecule has 2 N–H and O–H groups in total. The molecule has 0 unspecified atom stereocenters. The predicted octanol–water partition coefficient (Wildman–Crippen LogP) is 1.57. The molecule has 1 aliphatic carbocycles. The maximum atomic E-state index is 6.02. The number of aromatic nitrogens is 2. The number of nitrogens with zero attached hydrogens (tertiary/aromatic N) is 3.